The van der Waals surface area contributed by atoms with Gasteiger partial charge in [-0.15, -0.1) is 0 Å². The summed E-state index contributed by atoms with van der Waals surface area (Å²) in [7, 11) is 0. The smallest absolute Gasteiger partial charge is 0.269 e. The minimum atomic E-state index is -0.388. The predicted octanol–water partition coefficient (Wildman–Crippen LogP) is 2.34. The largest absolute Gasteiger partial charge is 0.298 e. The van der Waals surface area contributed by atoms with Crippen LogP contribution in [0.4, 0.5) is 0 Å². The molecule has 2 aromatic carbocycles. The zero-order chi connectivity index (χ0) is 17.4. The van der Waals surface area contributed by atoms with E-state index in [2.05, 4.69) is 16.2 Å². The number of hydrogen-bond donors (Lipinski definition) is 3. The van der Waals surface area contributed by atoms with Crippen LogP contribution in [0.15, 0.2) is 60.7 Å². The van der Waals surface area contributed by atoms with Crippen LogP contribution in [0.2, 0.25) is 0 Å². The summed E-state index contributed by atoms with van der Waals surface area (Å²) in [6, 6.07) is 16.5. The number of rotatable bonds is 3. The molecule has 0 unspecified atom stereocenters. The molecule has 3 N–H and O–H groups in total. The molecule has 6 heteroatoms. The van der Waals surface area contributed by atoms with E-state index in [0.29, 0.717) is 5.56 Å². The molecule has 0 saturated heterocycles. The molecule has 0 heterocycles. The van der Waals surface area contributed by atoms with Gasteiger partial charge in [0, 0.05) is 11.6 Å². The Hall–Kier alpha value is -2.99. The van der Waals surface area contributed by atoms with Gasteiger partial charge in [0.1, 0.15) is 0 Å². The van der Waals surface area contributed by atoms with Crippen LogP contribution in [0.1, 0.15) is 21.5 Å². The lowest BCUT2D eigenvalue weighted by Gasteiger charge is -2.09. The van der Waals surface area contributed by atoms with Gasteiger partial charge in [0.15, 0.2) is 5.11 Å². The van der Waals surface area contributed by atoms with Crippen molar-refractivity contribution >= 4 is 35.2 Å². The molecule has 0 aliphatic heterocycles. The highest BCUT2D eigenvalue weighted by Crippen LogP contribution is 2.02. The molecule has 2 aromatic rings. The van der Waals surface area contributed by atoms with Crippen molar-refractivity contribution in [1.29, 1.82) is 0 Å². The van der Waals surface area contributed by atoms with E-state index >= 15 is 0 Å². The average molecular weight is 339 g/mol. The van der Waals surface area contributed by atoms with Crippen LogP contribution in [0, 0.1) is 6.92 Å². The third kappa shape index (κ3) is 5.66. The van der Waals surface area contributed by atoms with Crippen molar-refractivity contribution in [2.45, 2.75) is 6.92 Å². The average Bonchev–Trinajstić information content (AvgIpc) is 2.59. The first-order chi connectivity index (χ1) is 11.5. The lowest BCUT2D eigenvalue weighted by atomic mass is 10.1. The maximum absolute atomic E-state index is 11.9. The van der Waals surface area contributed by atoms with E-state index in [4.69, 9.17) is 12.2 Å². The maximum Gasteiger partial charge on any atom is 0.269 e. The first-order valence-electron chi connectivity index (χ1n) is 7.26. The molecule has 0 aliphatic rings. The summed E-state index contributed by atoms with van der Waals surface area (Å²) < 4.78 is 0. The Morgan fingerprint density at radius 3 is 2.29 bits per heavy atom. The van der Waals surface area contributed by atoms with Gasteiger partial charge in [-0.25, -0.2) is 0 Å². The molecule has 0 saturated carbocycles. The van der Waals surface area contributed by atoms with Crippen molar-refractivity contribution in [2.75, 3.05) is 0 Å². The van der Waals surface area contributed by atoms with E-state index in [9.17, 15) is 9.59 Å². The number of benzene rings is 2. The third-order valence-corrected chi connectivity index (χ3v) is 3.27. The standard InChI is InChI=1S/C18H17N3O2S/c1-13-7-10-15(11-8-13)17(23)20-21-18(24)19-16(22)12-9-14-5-3-2-4-6-14/h2-12H,1H3,(H,20,23)(H2,19,21,22,24)/b12-9+. The van der Waals surface area contributed by atoms with Crippen molar-refractivity contribution in [1.82, 2.24) is 16.2 Å². The summed E-state index contributed by atoms with van der Waals surface area (Å²) >= 11 is 4.96. The number of hydrogen-bond acceptors (Lipinski definition) is 3. The van der Waals surface area contributed by atoms with Crippen molar-refractivity contribution in [2.24, 2.45) is 0 Å². The summed E-state index contributed by atoms with van der Waals surface area (Å²) in [5.74, 6) is -0.729. The van der Waals surface area contributed by atoms with E-state index < -0.39 is 0 Å². The van der Waals surface area contributed by atoms with Gasteiger partial charge in [0.05, 0.1) is 0 Å². The molecule has 0 fully saturated rings. The van der Waals surface area contributed by atoms with E-state index in [0.717, 1.165) is 11.1 Å². The van der Waals surface area contributed by atoms with Crippen LogP contribution in [-0.4, -0.2) is 16.9 Å². The van der Waals surface area contributed by atoms with Crippen LogP contribution in [0.25, 0.3) is 6.08 Å². The lowest BCUT2D eigenvalue weighted by Crippen LogP contribution is -2.48. The van der Waals surface area contributed by atoms with Crippen molar-refractivity contribution in [3.8, 4) is 0 Å². The van der Waals surface area contributed by atoms with Gasteiger partial charge in [-0.3, -0.25) is 25.8 Å². The second-order valence-corrected chi connectivity index (χ2v) is 5.42. The van der Waals surface area contributed by atoms with Gasteiger partial charge in [0.25, 0.3) is 5.91 Å². The Bertz CT molecular complexity index is 756. The lowest BCUT2D eigenvalue weighted by molar-refractivity contribution is -0.115. The third-order valence-electron chi connectivity index (χ3n) is 3.07. The highest BCUT2D eigenvalue weighted by molar-refractivity contribution is 7.80. The Labute approximate surface area is 145 Å². The van der Waals surface area contributed by atoms with Crippen molar-refractivity contribution < 1.29 is 9.59 Å². The molecular weight excluding hydrogens is 322 g/mol. The van der Waals surface area contributed by atoms with Gasteiger partial charge < -0.3 is 0 Å². The fourth-order valence-electron chi connectivity index (χ4n) is 1.81. The van der Waals surface area contributed by atoms with Gasteiger partial charge in [-0.2, -0.15) is 0 Å². The first-order valence-corrected chi connectivity index (χ1v) is 7.66. The SMILES string of the molecule is Cc1ccc(C(=O)NNC(=S)NC(=O)/C=C/c2ccccc2)cc1. The minimum absolute atomic E-state index is 0.0122. The monoisotopic (exact) mass is 339 g/mol. The molecule has 0 bridgehead atoms. The molecule has 5 nitrogen and oxygen atoms in total. The van der Waals surface area contributed by atoms with Gasteiger partial charge in [-0.05, 0) is 42.9 Å². The topological polar surface area (TPSA) is 70.2 Å². The zero-order valence-electron chi connectivity index (χ0n) is 13.1. The Morgan fingerprint density at radius 2 is 1.62 bits per heavy atom. The molecular formula is C18H17N3O2S. The van der Waals surface area contributed by atoms with E-state index in [1.54, 1.807) is 18.2 Å². The van der Waals surface area contributed by atoms with E-state index in [1.807, 2.05) is 49.4 Å². The van der Waals surface area contributed by atoms with Crippen molar-refractivity contribution in [3.63, 3.8) is 0 Å². The number of thiocarbonyl (C=S) groups is 1. The zero-order valence-corrected chi connectivity index (χ0v) is 13.9. The number of aryl methyl sites for hydroxylation is 1. The second-order valence-electron chi connectivity index (χ2n) is 5.01. The molecule has 122 valence electrons. The summed E-state index contributed by atoms with van der Waals surface area (Å²) in [5.41, 5.74) is 7.38. The van der Waals surface area contributed by atoms with Gasteiger partial charge in [-0.1, -0.05) is 48.0 Å². The Balaban J connectivity index is 1.78. The van der Waals surface area contributed by atoms with Crippen LogP contribution in [-0.2, 0) is 4.79 Å². The van der Waals surface area contributed by atoms with Crippen LogP contribution >= 0.6 is 12.2 Å². The summed E-state index contributed by atoms with van der Waals surface area (Å²) in [4.78, 5) is 23.6. The number of nitrogens with one attached hydrogen (secondary N) is 3. The molecule has 0 aromatic heterocycles. The van der Waals surface area contributed by atoms with Crippen molar-refractivity contribution in [3.05, 3.63) is 77.4 Å². The summed E-state index contributed by atoms with van der Waals surface area (Å²) in [6.45, 7) is 1.94. The molecule has 24 heavy (non-hydrogen) atoms. The fourth-order valence-corrected chi connectivity index (χ4v) is 1.96. The number of hydrazine groups is 1. The summed E-state index contributed by atoms with van der Waals surface area (Å²) in [6.07, 6.45) is 3.04. The number of carbonyl (C=O) groups is 2. The second kappa shape index (κ2) is 8.59. The molecule has 0 radical (unpaired) electrons. The Kier molecular flexibility index (Phi) is 6.22. The number of carbonyl (C=O) groups excluding carboxylic acids is 2. The molecule has 2 rings (SSSR count). The molecule has 2 amide bonds. The summed E-state index contributed by atoms with van der Waals surface area (Å²) in [5, 5.41) is 2.46. The van der Waals surface area contributed by atoms with Gasteiger partial charge in [0.2, 0.25) is 5.91 Å². The fraction of sp³-hybridized carbons (Fsp3) is 0.0556. The molecule has 0 spiro atoms. The van der Waals surface area contributed by atoms with Crippen LogP contribution < -0.4 is 16.2 Å². The van der Waals surface area contributed by atoms with E-state index in [1.165, 1.54) is 6.08 Å². The predicted molar refractivity (Wildman–Crippen MR) is 98.0 cm³/mol. The van der Waals surface area contributed by atoms with E-state index in [-0.39, 0.29) is 16.9 Å². The highest BCUT2D eigenvalue weighted by atomic mass is 32.1. The maximum atomic E-state index is 11.9. The normalized spacial score (nSPS) is 10.2. The minimum Gasteiger partial charge on any atom is -0.298 e. The molecule has 0 atom stereocenters. The highest BCUT2D eigenvalue weighted by Gasteiger charge is 2.06. The Morgan fingerprint density at radius 1 is 0.958 bits per heavy atom. The number of amides is 2. The quantitative estimate of drug-likeness (QED) is 0.456. The first kappa shape index (κ1) is 17.4. The van der Waals surface area contributed by atoms with Crippen LogP contribution in [0.3, 0.4) is 0 Å². The van der Waals surface area contributed by atoms with Crippen LogP contribution in [0.5, 0.6) is 0 Å². The molecule has 0 aliphatic carbocycles. The van der Waals surface area contributed by atoms with Gasteiger partial charge >= 0.3 is 0 Å².